The summed E-state index contributed by atoms with van der Waals surface area (Å²) < 4.78 is 34.4. The van der Waals surface area contributed by atoms with E-state index in [9.17, 15) is 8.78 Å². The zero-order chi connectivity index (χ0) is 15.4. The molecule has 4 nitrogen and oxygen atoms in total. The Kier molecular flexibility index (Phi) is 5.36. The summed E-state index contributed by atoms with van der Waals surface area (Å²) in [4.78, 5) is 2.17. The average Bonchev–Trinajstić information content (AvgIpc) is 3.24. The van der Waals surface area contributed by atoms with Gasteiger partial charge in [0.1, 0.15) is 0 Å². The van der Waals surface area contributed by atoms with Gasteiger partial charge in [-0.15, -0.1) is 0 Å². The number of halogens is 2. The number of benzene rings is 1. The van der Waals surface area contributed by atoms with Gasteiger partial charge >= 0.3 is 6.61 Å². The van der Waals surface area contributed by atoms with Gasteiger partial charge in [-0.25, -0.2) is 0 Å². The zero-order valence-electron chi connectivity index (χ0n) is 12.4. The van der Waals surface area contributed by atoms with Crippen LogP contribution in [0, 0.1) is 5.92 Å². The third-order valence-corrected chi connectivity index (χ3v) is 3.85. The van der Waals surface area contributed by atoms with Gasteiger partial charge in [0.05, 0.1) is 7.11 Å². The van der Waals surface area contributed by atoms with Gasteiger partial charge in [-0.1, -0.05) is 6.07 Å². The van der Waals surface area contributed by atoms with Crippen LogP contribution in [0.4, 0.5) is 8.78 Å². The maximum atomic E-state index is 12.4. The van der Waals surface area contributed by atoms with Crippen LogP contribution in [-0.4, -0.2) is 38.3 Å². The molecule has 1 unspecified atom stereocenters. The van der Waals surface area contributed by atoms with E-state index in [4.69, 9.17) is 10.5 Å². The van der Waals surface area contributed by atoms with E-state index in [0.29, 0.717) is 30.8 Å². The second-order valence-electron chi connectivity index (χ2n) is 5.42. The lowest BCUT2D eigenvalue weighted by Gasteiger charge is -2.27. The van der Waals surface area contributed by atoms with Crippen LogP contribution in [-0.2, 0) is 6.54 Å². The normalized spacial score (nSPS) is 16.3. The fourth-order valence-corrected chi connectivity index (χ4v) is 2.63. The predicted molar refractivity (Wildman–Crippen MR) is 76.7 cm³/mol. The summed E-state index contributed by atoms with van der Waals surface area (Å²) in [6, 6.07) is 5.44. The fraction of sp³-hybridized carbons (Fsp3) is 0.600. The lowest BCUT2D eigenvalue weighted by molar-refractivity contribution is -0.0512. The molecule has 6 heteroatoms. The molecule has 1 aromatic carbocycles. The Morgan fingerprint density at radius 1 is 1.33 bits per heavy atom. The first-order valence-corrected chi connectivity index (χ1v) is 7.07. The van der Waals surface area contributed by atoms with Crippen molar-refractivity contribution in [3.8, 4) is 11.5 Å². The molecule has 0 spiro atoms. The number of likely N-dealkylation sites (N-methyl/N-ethyl adjacent to an activating group) is 1. The van der Waals surface area contributed by atoms with Crippen molar-refractivity contribution in [3.63, 3.8) is 0 Å². The molecule has 0 amide bonds. The maximum absolute atomic E-state index is 12.4. The number of nitrogens with zero attached hydrogens (tertiary/aromatic N) is 1. The van der Waals surface area contributed by atoms with Crippen molar-refractivity contribution >= 4 is 0 Å². The van der Waals surface area contributed by atoms with E-state index in [1.165, 1.54) is 20.0 Å². The summed E-state index contributed by atoms with van der Waals surface area (Å²) in [6.45, 7) is -1.62. The second-order valence-corrected chi connectivity index (χ2v) is 5.42. The number of rotatable bonds is 8. The SMILES string of the molecule is COc1ccc(CN(C)C(CN)C2CC2)cc1OC(F)F. The first-order valence-electron chi connectivity index (χ1n) is 7.07. The molecule has 0 aliphatic heterocycles. The van der Waals surface area contributed by atoms with Gasteiger partial charge in [0.2, 0.25) is 0 Å². The van der Waals surface area contributed by atoms with Crippen LogP contribution in [0.3, 0.4) is 0 Å². The van der Waals surface area contributed by atoms with E-state index in [1.54, 1.807) is 12.1 Å². The number of ether oxygens (including phenoxy) is 2. The monoisotopic (exact) mass is 300 g/mol. The molecule has 2 rings (SSSR count). The zero-order valence-corrected chi connectivity index (χ0v) is 12.4. The highest BCUT2D eigenvalue weighted by Crippen LogP contribution is 2.35. The Bertz CT molecular complexity index is 467. The molecular weight excluding hydrogens is 278 g/mol. The molecule has 1 aliphatic rings. The molecule has 1 fully saturated rings. The van der Waals surface area contributed by atoms with E-state index >= 15 is 0 Å². The fourth-order valence-electron chi connectivity index (χ4n) is 2.63. The highest BCUT2D eigenvalue weighted by molar-refractivity contribution is 5.43. The number of alkyl halides is 2. The Hall–Kier alpha value is -1.40. The summed E-state index contributed by atoms with van der Waals surface area (Å²) >= 11 is 0. The lowest BCUT2D eigenvalue weighted by Crippen LogP contribution is -2.39. The maximum Gasteiger partial charge on any atom is 0.387 e. The molecule has 1 aliphatic carbocycles. The van der Waals surface area contributed by atoms with Crippen LogP contribution in [0.1, 0.15) is 18.4 Å². The summed E-state index contributed by atoms with van der Waals surface area (Å²) in [5.74, 6) is 1.03. The standard InChI is InChI=1S/C15H22F2N2O2/c1-19(12(8-18)11-4-5-11)9-10-3-6-13(20-2)14(7-10)21-15(16)17/h3,6-7,11-12,15H,4-5,8-9,18H2,1-2H3. The summed E-state index contributed by atoms with van der Waals surface area (Å²) in [7, 11) is 3.44. The molecule has 0 heterocycles. The molecule has 2 N–H and O–H groups in total. The van der Waals surface area contributed by atoms with E-state index < -0.39 is 6.61 Å². The van der Waals surface area contributed by atoms with Gasteiger partial charge in [0.25, 0.3) is 0 Å². The molecule has 0 radical (unpaired) electrons. The van der Waals surface area contributed by atoms with E-state index in [1.807, 2.05) is 13.1 Å². The van der Waals surface area contributed by atoms with Crippen molar-refractivity contribution in [2.75, 3.05) is 20.7 Å². The van der Waals surface area contributed by atoms with Gasteiger partial charge < -0.3 is 15.2 Å². The van der Waals surface area contributed by atoms with E-state index in [0.717, 1.165) is 5.56 Å². The number of methoxy groups -OCH3 is 1. The third kappa shape index (κ3) is 4.28. The van der Waals surface area contributed by atoms with Crippen LogP contribution in [0.15, 0.2) is 18.2 Å². The Labute approximate surface area is 123 Å². The Morgan fingerprint density at radius 2 is 2.05 bits per heavy atom. The first-order chi connectivity index (χ1) is 10.0. The molecular formula is C15H22F2N2O2. The second kappa shape index (κ2) is 7.04. The molecule has 1 atom stereocenters. The lowest BCUT2D eigenvalue weighted by atomic mass is 10.1. The molecule has 0 saturated heterocycles. The number of hydrogen-bond acceptors (Lipinski definition) is 4. The molecule has 1 saturated carbocycles. The largest absolute Gasteiger partial charge is 0.493 e. The van der Waals surface area contributed by atoms with Crippen molar-refractivity contribution < 1.29 is 18.3 Å². The quantitative estimate of drug-likeness (QED) is 0.801. The molecule has 0 bridgehead atoms. The summed E-state index contributed by atoms with van der Waals surface area (Å²) in [6.07, 6.45) is 2.43. The minimum absolute atomic E-state index is 0.0640. The number of nitrogens with two attached hydrogens (primary N) is 1. The molecule has 118 valence electrons. The van der Waals surface area contributed by atoms with Crippen LogP contribution in [0.25, 0.3) is 0 Å². The van der Waals surface area contributed by atoms with E-state index in [2.05, 4.69) is 9.64 Å². The van der Waals surface area contributed by atoms with Crippen LogP contribution < -0.4 is 15.2 Å². The van der Waals surface area contributed by atoms with Crippen molar-refractivity contribution in [1.82, 2.24) is 4.90 Å². The highest BCUT2D eigenvalue weighted by atomic mass is 19.3. The number of hydrogen-bond donors (Lipinski definition) is 1. The third-order valence-electron chi connectivity index (χ3n) is 3.85. The van der Waals surface area contributed by atoms with E-state index in [-0.39, 0.29) is 5.75 Å². The molecule has 21 heavy (non-hydrogen) atoms. The van der Waals surface area contributed by atoms with Gasteiger partial charge in [-0.05, 0) is 43.5 Å². The van der Waals surface area contributed by atoms with Gasteiger partial charge in [-0.2, -0.15) is 8.78 Å². The first kappa shape index (κ1) is 16.0. The molecule has 0 aromatic heterocycles. The van der Waals surface area contributed by atoms with Crippen LogP contribution in [0.2, 0.25) is 0 Å². The van der Waals surface area contributed by atoms with Crippen molar-refractivity contribution in [2.24, 2.45) is 11.7 Å². The van der Waals surface area contributed by atoms with Crippen molar-refractivity contribution in [3.05, 3.63) is 23.8 Å². The predicted octanol–water partition coefficient (Wildman–Crippen LogP) is 2.47. The minimum Gasteiger partial charge on any atom is -0.493 e. The summed E-state index contributed by atoms with van der Waals surface area (Å²) in [5, 5.41) is 0. The van der Waals surface area contributed by atoms with Crippen LogP contribution in [0.5, 0.6) is 11.5 Å². The van der Waals surface area contributed by atoms with Gasteiger partial charge in [0.15, 0.2) is 11.5 Å². The average molecular weight is 300 g/mol. The smallest absolute Gasteiger partial charge is 0.387 e. The topological polar surface area (TPSA) is 47.7 Å². The summed E-state index contributed by atoms with van der Waals surface area (Å²) in [5.41, 5.74) is 6.72. The Morgan fingerprint density at radius 3 is 2.57 bits per heavy atom. The Balaban J connectivity index is 2.08. The van der Waals surface area contributed by atoms with Gasteiger partial charge in [0, 0.05) is 19.1 Å². The van der Waals surface area contributed by atoms with Crippen molar-refractivity contribution in [1.29, 1.82) is 0 Å². The van der Waals surface area contributed by atoms with Crippen LogP contribution >= 0.6 is 0 Å². The highest BCUT2D eigenvalue weighted by Gasteiger charge is 2.32. The minimum atomic E-state index is -2.87. The van der Waals surface area contributed by atoms with Crippen molar-refractivity contribution in [2.45, 2.75) is 32.0 Å². The molecule has 1 aromatic rings. The van der Waals surface area contributed by atoms with Gasteiger partial charge in [-0.3, -0.25) is 4.90 Å².